The van der Waals surface area contributed by atoms with E-state index in [-0.39, 0.29) is 5.54 Å². The average Bonchev–Trinajstić information content (AvgIpc) is 1.77. The molecule has 2 unspecified atom stereocenters. The molecule has 0 aliphatic heterocycles. The van der Waals surface area contributed by atoms with Gasteiger partial charge in [-0.3, -0.25) is 0 Å². The summed E-state index contributed by atoms with van der Waals surface area (Å²) >= 11 is 0. The molecule has 0 aromatic heterocycles. The maximum Gasteiger partial charge on any atom is 0.0161 e. The van der Waals surface area contributed by atoms with Gasteiger partial charge in [-0.2, -0.15) is 0 Å². The summed E-state index contributed by atoms with van der Waals surface area (Å²) in [5.74, 6) is 2.39. The number of hydrogen-bond donors (Lipinski definition) is 1. The van der Waals surface area contributed by atoms with Crippen molar-refractivity contribution in [3.63, 3.8) is 0 Å². The molecule has 1 aliphatic rings. The summed E-state index contributed by atoms with van der Waals surface area (Å²) in [5, 5.41) is 0. The van der Waals surface area contributed by atoms with Gasteiger partial charge in [0.25, 0.3) is 0 Å². The lowest BCUT2D eigenvalue weighted by Gasteiger charge is -2.41. The monoisotopic (exact) mass is 183 g/mol. The SMILES string of the molecule is CC(C)CC1(N)CC(C)CC(C)C1. The Morgan fingerprint density at radius 2 is 1.69 bits per heavy atom. The number of nitrogens with two attached hydrogens (primary N) is 1. The first-order chi connectivity index (χ1) is 5.91. The highest BCUT2D eigenvalue weighted by molar-refractivity contribution is 4.92. The fourth-order valence-electron chi connectivity index (χ4n) is 3.30. The van der Waals surface area contributed by atoms with Crippen LogP contribution in [0.1, 0.15) is 53.4 Å². The van der Waals surface area contributed by atoms with E-state index in [1.165, 1.54) is 25.7 Å². The van der Waals surface area contributed by atoms with Crippen LogP contribution in [0, 0.1) is 17.8 Å². The summed E-state index contributed by atoms with van der Waals surface area (Å²) in [6.45, 7) is 9.24. The molecule has 0 heterocycles. The molecular weight excluding hydrogens is 158 g/mol. The minimum Gasteiger partial charge on any atom is -0.325 e. The van der Waals surface area contributed by atoms with Gasteiger partial charge in [0.15, 0.2) is 0 Å². The molecule has 0 amide bonds. The summed E-state index contributed by atoms with van der Waals surface area (Å²) in [5.41, 5.74) is 6.58. The zero-order valence-electron chi connectivity index (χ0n) is 9.64. The molecule has 1 heteroatoms. The maximum absolute atomic E-state index is 6.44. The van der Waals surface area contributed by atoms with Crippen LogP contribution in [0.5, 0.6) is 0 Å². The minimum atomic E-state index is 0.144. The van der Waals surface area contributed by atoms with Crippen molar-refractivity contribution in [3.05, 3.63) is 0 Å². The van der Waals surface area contributed by atoms with Crippen molar-refractivity contribution in [2.75, 3.05) is 0 Å². The third-order valence-corrected chi connectivity index (χ3v) is 3.13. The first-order valence-corrected chi connectivity index (χ1v) is 5.70. The van der Waals surface area contributed by atoms with Crippen LogP contribution in [-0.4, -0.2) is 5.54 Å². The zero-order chi connectivity index (χ0) is 10.1. The first kappa shape index (κ1) is 11.0. The molecule has 1 rings (SSSR count). The predicted octanol–water partition coefficient (Wildman–Crippen LogP) is 3.19. The molecule has 0 spiro atoms. The largest absolute Gasteiger partial charge is 0.325 e. The second-order valence-electron chi connectivity index (χ2n) is 5.81. The Morgan fingerprint density at radius 3 is 2.08 bits per heavy atom. The standard InChI is InChI=1S/C12H25N/c1-9(2)6-12(13)7-10(3)5-11(4)8-12/h9-11H,5-8,13H2,1-4H3. The highest BCUT2D eigenvalue weighted by Gasteiger charge is 2.34. The fraction of sp³-hybridized carbons (Fsp3) is 1.00. The second-order valence-corrected chi connectivity index (χ2v) is 5.81. The molecule has 2 atom stereocenters. The normalized spacial score (nSPS) is 41.1. The highest BCUT2D eigenvalue weighted by atomic mass is 14.8. The zero-order valence-corrected chi connectivity index (χ0v) is 9.64. The van der Waals surface area contributed by atoms with E-state index in [0.29, 0.717) is 0 Å². The van der Waals surface area contributed by atoms with E-state index in [1.54, 1.807) is 0 Å². The molecule has 1 fully saturated rings. The third kappa shape index (κ3) is 3.30. The molecular formula is C12H25N. The van der Waals surface area contributed by atoms with Crippen LogP contribution in [0.4, 0.5) is 0 Å². The van der Waals surface area contributed by atoms with Crippen molar-refractivity contribution in [2.45, 2.75) is 58.9 Å². The Balaban J connectivity index is 2.55. The number of hydrogen-bond acceptors (Lipinski definition) is 1. The summed E-state index contributed by atoms with van der Waals surface area (Å²) < 4.78 is 0. The van der Waals surface area contributed by atoms with Crippen molar-refractivity contribution in [1.29, 1.82) is 0 Å². The number of rotatable bonds is 2. The maximum atomic E-state index is 6.44. The van der Waals surface area contributed by atoms with E-state index >= 15 is 0 Å². The van der Waals surface area contributed by atoms with Crippen molar-refractivity contribution in [2.24, 2.45) is 23.5 Å². The summed E-state index contributed by atoms with van der Waals surface area (Å²) in [6.07, 6.45) is 5.03. The Kier molecular flexibility index (Phi) is 3.39. The molecule has 1 nitrogen and oxygen atoms in total. The van der Waals surface area contributed by atoms with E-state index in [9.17, 15) is 0 Å². The Hall–Kier alpha value is -0.0400. The Labute approximate surface area is 83.1 Å². The van der Waals surface area contributed by atoms with Gasteiger partial charge in [-0.05, 0) is 43.4 Å². The van der Waals surface area contributed by atoms with Gasteiger partial charge in [-0.1, -0.05) is 27.7 Å². The van der Waals surface area contributed by atoms with Gasteiger partial charge in [0.05, 0.1) is 0 Å². The van der Waals surface area contributed by atoms with E-state index in [0.717, 1.165) is 17.8 Å². The van der Waals surface area contributed by atoms with Gasteiger partial charge >= 0.3 is 0 Å². The summed E-state index contributed by atoms with van der Waals surface area (Å²) in [7, 11) is 0. The molecule has 2 N–H and O–H groups in total. The Bertz CT molecular complexity index is 147. The molecule has 0 saturated heterocycles. The van der Waals surface area contributed by atoms with Crippen molar-refractivity contribution < 1.29 is 0 Å². The van der Waals surface area contributed by atoms with Crippen LogP contribution in [0.25, 0.3) is 0 Å². The van der Waals surface area contributed by atoms with Crippen LogP contribution in [0.2, 0.25) is 0 Å². The Morgan fingerprint density at radius 1 is 1.23 bits per heavy atom. The molecule has 1 saturated carbocycles. The lowest BCUT2D eigenvalue weighted by Crippen LogP contribution is -2.47. The van der Waals surface area contributed by atoms with E-state index < -0.39 is 0 Å². The van der Waals surface area contributed by atoms with Gasteiger partial charge < -0.3 is 5.73 Å². The quantitative estimate of drug-likeness (QED) is 0.699. The molecule has 1 aliphatic carbocycles. The lowest BCUT2D eigenvalue weighted by atomic mass is 9.69. The van der Waals surface area contributed by atoms with Crippen molar-refractivity contribution >= 4 is 0 Å². The van der Waals surface area contributed by atoms with Crippen LogP contribution in [0.15, 0.2) is 0 Å². The fourth-order valence-corrected chi connectivity index (χ4v) is 3.30. The van der Waals surface area contributed by atoms with Crippen LogP contribution < -0.4 is 5.73 Å². The van der Waals surface area contributed by atoms with Gasteiger partial charge in [-0.25, -0.2) is 0 Å². The lowest BCUT2D eigenvalue weighted by molar-refractivity contribution is 0.159. The smallest absolute Gasteiger partial charge is 0.0161 e. The van der Waals surface area contributed by atoms with Crippen LogP contribution in [0.3, 0.4) is 0 Å². The van der Waals surface area contributed by atoms with Gasteiger partial charge in [0.2, 0.25) is 0 Å². The van der Waals surface area contributed by atoms with Gasteiger partial charge in [-0.15, -0.1) is 0 Å². The van der Waals surface area contributed by atoms with Gasteiger partial charge in [0, 0.05) is 5.54 Å². The van der Waals surface area contributed by atoms with Gasteiger partial charge in [0.1, 0.15) is 0 Å². The second kappa shape index (κ2) is 4.00. The predicted molar refractivity (Wildman–Crippen MR) is 58.6 cm³/mol. The molecule has 0 bridgehead atoms. The van der Waals surface area contributed by atoms with Crippen LogP contribution in [-0.2, 0) is 0 Å². The third-order valence-electron chi connectivity index (χ3n) is 3.13. The minimum absolute atomic E-state index is 0.144. The topological polar surface area (TPSA) is 26.0 Å². The van der Waals surface area contributed by atoms with Crippen molar-refractivity contribution in [3.8, 4) is 0 Å². The summed E-state index contributed by atoms with van der Waals surface area (Å²) in [4.78, 5) is 0. The molecule has 0 aromatic carbocycles. The molecule has 0 radical (unpaired) electrons. The first-order valence-electron chi connectivity index (χ1n) is 5.70. The van der Waals surface area contributed by atoms with E-state index in [4.69, 9.17) is 5.73 Å². The molecule has 13 heavy (non-hydrogen) atoms. The van der Waals surface area contributed by atoms with Crippen molar-refractivity contribution in [1.82, 2.24) is 0 Å². The van der Waals surface area contributed by atoms with E-state index in [1.807, 2.05) is 0 Å². The summed E-state index contributed by atoms with van der Waals surface area (Å²) in [6, 6.07) is 0. The average molecular weight is 183 g/mol. The van der Waals surface area contributed by atoms with E-state index in [2.05, 4.69) is 27.7 Å². The molecule has 78 valence electrons. The highest BCUT2D eigenvalue weighted by Crippen LogP contribution is 2.37. The van der Waals surface area contributed by atoms with Crippen LogP contribution >= 0.6 is 0 Å². The molecule has 0 aromatic rings.